The molecule has 43 heavy (non-hydrogen) atoms. The number of aliphatic carboxylic acids is 2. The molecule has 0 saturated carbocycles. The Labute approximate surface area is 254 Å². The van der Waals surface area contributed by atoms with Crippen LogP contribution >= 0.6 is 23.2 Å². The normalized spacial score (nSPS) is 22.2. The largest absolute Gasteiger partial charge is 0.481 e. The van der Waals surface area contributed by atoms with Crippen LogP contribution in [0.3, 0.4) is 0 Å². The topological polar surface area (TPSA) is 232 Å². The maximum absolute atomic E-state index is 13.0. The molecule has 16 heteroatoms. The van der Waals surface area contributed by atoms with E-state index < -0.39 is 92.0 Å². The molecule has 0 bridgehead atoms. The standard InChI is InChI=1S/C27H29Cl2N3O11/c28-12-5-6-15(29)17(9-12)32-26(40)14-4-2-1-3-13(14)25(39)30-11-19-23(37)24(38)22(36)18(43-19)10-20(33)31-16(27(41)42)7-8-21(34)35/h1-6,9,16,18-19,22-24,36-38H,7-8,10-11H2,(H,30,39)(H,31,33)(H,32,40)(H,34,35)(H,41,42)/t16-,18?,19?,22?,23?,24?/m1/s1. The lowest BCUT2D eigenvalue weighted by molar-refractivity contribution is -0.220. The highest BCUT2D eigenvalue weighted by Gasteiger charge is 2.44. The molecule has 232 valence electrons. The minimum Gasteiger partial charge on any atom is -0.481 e. The van der Waals surface area contributed by atoms with Gasteiger partial charge in [0.05, 0.1) is 34.4 Å². The molecule has 14 nitrogen and oxygen atoms in total. The molecule has 3 rings (SSSR count). The zero-order chi connectivity index (χ0) is 31.8. The van der Waals surface area contributed by atoms with Gasteiger partial charge in [0.15, 0.2) is 0 Å². The van der Waals surface area contributed by atoms with Crippen molar-refractivity contribution in [3.05, 3.63) is 63.6 Å². The maximum atomic E-state index is 13.0. The first-order valence-corrected chi connectivity index (χ1v) is 13.6. The van der Waals surface area contributed by atoms with Gasteiger partial charge in [-0.25, -0.2) is 4.79 Å². The number of carbonyl (C=O) groups excluding carboxylic acids is 3. The Morgan fingerprint density at radius 1 is 0.860 bits per heavy atom. The average molecular weight is 642 g/mol. The Morgan fingerprint density at radius 2 is 1.49 bits per heavy atom. The van der Waals surface area contributed by atoms with Gasteiger partial charge in [-0.2, -0.15) is 0 Å². The van der Waals surface area contributed by atoms with E-state index in [1.165, 1.54) is 42.5 Å². The van der Waals surface area contributed by atoms with Crippen molar-refractivity contribution >= 4 is 58.5 Å². The summed E-state index contributed by atoms with van der Waals surface area (Å²) >= 11 is 12.1. The number of aliphatic hydroxyl groups is 3. The maximum Gasteiger partial charge on any atom is 0.326 e. The number of amides is 3. The number of halogens is 2. The van der Waals surface area contributed by atoms with Gasteiger partial charge in [-0.15, -0.1) is 0 Å². The first-order chi connectivity index (χ1) is 20.3. The summed E-state index contributed by atoms with van der Waals surface area (Å²) in [5.41, 5.74) is 0.135. The number of anilines is 1. The van der Waals surface area contributed by atoms with E-state index in [0.29, 0.717) is 5.02 Å². The molecule has 6 atom stereocenters. The highest BCUT2D eigenvalue weighted by atomic mass is 35.5. The second kappa shape index (κ2) is 15.1. The summed E-state index contributed by atoms with van der Waals surface area (Å²) in [5, 5.41) is 56.9. The molecule has 0 radical (unpaired) electrons. The molecular formula is C27H29Cl2N3O11. The highest BCUT2D eigenvalue weighted by molar-refractivity contribution is 6.36. The number of hydrogen-bond acceptors (Lipinski definition) is 9. The average Bonchev–Trinajstić information content (AvgIpc) is 2.96. The molecule has 2 aromatic carbocycles. The lowest BCUT2D eigenvalue weighted by Crippen LogP contribution is -2.60. The first kappa shape index (κ1) is 33.7. The van der Waals surface area contributed by atoms with Gasteiger partial charge in [-0.05, 0) is 36.8 Å². The molecule has 1 heterocycles. The number of ether oxygens (including phenoxy) is 1. The van der Waals surface area contributed by atoms with Crippen LogP contribution in [0.15, 0.2) is 42.5 Å². The van der Waals surface area contributed by atoms with Crippen molar-refractivity contribution in [3.63, 3.8) is 0 Å². The van der Waals surface area contributed by atoms with E-state index in [4.69, 9.17) is 33.0 Å². The third kappa shape index (κ3) is 9.10. The first-order valence-electron chi connectivity index (χ1n) is 12.9. The fourth-order valence-electron chi connectivity index (χ4n) is 4.28. The predicted octanol–water partition coefficient (Wildman–Crippen LogP) is 0.650. The Kier molecular flexibility index (Phi) is 11.8. The fraction of sp³-hybridized carbons (Fsp3) is 0.370. The number of nitrogens with one attached hydrogen (secondary N) is 3. The Bertz CT molecular complexity index is 1380. The molecule has 5 unspecified atom stereocenters. The van der Waals surface area contributed by atoms with Gasteiger partial charge < -0.3 is 46.2 Å². The van der Waals surface area contributed by atoms with Crippen molar-refractivity contribution in [1.29, 1.82) is 0 Å². The minimum atomic E-state index is -1.80. The molecule has 0 aliphatic carbocycles. The van der Waals surface area contributed by atoms with Gasteiger partial charge >= 0.3 is 11.9 Å². The molecule has 2 aromatic rings. The van der Waals surface area contributed by atoms with Crippen LogP contribution in [0.2, 0.25) is 10.0 Å². The summed E-state index contributed by atoms with van der Waals surface area (Å²) in [6, 6.07) is 8.73. The Hall–Kier alpha value is -3.79. The van der Waals surface area contributed by atoms with Crippen molar-refractivity contribution in [3.8, 4) is 0 Å². The summed E-state index contributed by atoms with van der Waals surface area (Å²) in [7, 11) is 0. The van der Waals surface area contributed by atoms with E-state index in [9.17, 15) is 44.4 Å². The number of benzene rings is 2. The smallest absolute Gasteiger partial charge is 0.326 e. The number of carboxylic acid groups (broad SMARTS) is 2. The summed E-state index contributed by atoms with van der Waals surface area (Å²) < 4.78 is 5.58. The second-order valence-electron chi connectivity index (χ2n) is 9.61. The summed E-state index contributed by atoms with van der Waals surface area (Å²) in [6.07, 6.45) is -9.56. The van der Waals surface area contributed by atoms with Crippen LogP contribution < -0.4 is 16.0 Å². The van der Waals surface area contributed by atoms with Crippen molar-refractivity contribution < 1.29 is 54.2 Å². The molecule has 3 amide bonds. The van der Waals surface area contributed by atoms with Crippen LogP contribution in [-0.4, -0.2) is 98.3 Å². The Morgan fingerprint density at radius 3 is 2.12 bits per heavy atom. The van der Waals surface area contributed by atoms with E-state index in [1.807, 2.05) is 0 Å². The van der Waals surface area contributed by atoms with Crippen molar-refractivity contribution in [2.75, 3.05) is 11.9 Å². The molecule has 8 N–H and O–H groups in total. The number of aliphatic hydroxyl groups excluding tert-OH is 3. The molecule has 1 aliphatic heterocycles. The fourth-order valence-corrected chi connectivity index (χ4v) is 4.61. The van der Waals surface area contributed by atoms with E-state index in [-0.39, 0.29) is 21.8 Å². The molecule has 1 aliphatic rings. The minimum absolute atomic E-state index is 0.0259. The van der Waals surface area contributed by atoms with E-state index in [2.05, 4.69) is 16.0 Å². The van der Waals surface area contributed by atoms with Crippen LogP contribution in [0.25, 0.3) is 0 Å². The number of hydrogen-bond donors (Lipinski definition) is 8. The van der Waals surface area contributed by atoms with Gasteiger partial charge in [0.1, 0.15) is 30.5 Å². The summed E-state index contributed by atoms with van der Waals surface area (Å²) in [6.45, 7) is -0.422. The second-order valence-corrected chi connectivity index (χ2v) is 10.5. The van der Waals surface area contributed by atoms with Gasteiger partial charge in [0.25, 0.3) is 11.8 Å². The van der Waals surface area contributed by atoms with Crippen LogP contribution in [0.1, 0.15) is 40.0 Å². The predicted molar refractivity (Wildman–Crippen MR) is 151 cm³/mol. The summed E-state index contributed by atoms with van der Waals surface area (Å²) in [5.74, 6) is -5.08. The lowest BCUT2D eigenvalue weighted by Gasteiger charge is -2.40. The highest BCUT2D eigenvalue weighted by Crippen LogP contribution is 2.27. The number of carboxylic acids is 2. The number of carbonyl (C=O) groups is 5. The number of rotatable bonds is 12. The zero-order valence-corrected chi connectivity index (χ0v) is 23.8. The zero-order valence-electron chi connectivity index (χ0n) is 22.3. The third-order valence-corrected chi connectivity index (χ3v) is 7.10. The van der Waals surface area contributed by atoms with Crippen LogP contribution in [-0.2, 0) is 19.1 Å². The molecule has 1 fully saturated rings. The van der Waals surface area contributed by atoms with Gasteiger partial charge in [0.2, 0.25) is 5.91 Å². The van der Waals surface area contributed by atoms with E-state index >= 15 is 0 Å². The monoisotopic (exact) mass is 641 g/mol. The van der Waals surface area contributed by atoms with Crippen molar-refractivity contribution in [2.24, 2.45) is 0 Å². The lowest BCUT2D eigenvalue weighted by atomic mass is 9.93. The van der Waals surface area contributed by atoms with E-state index in [1.54, 1.807) is 0 Å². The van der Waals surface area contributed by atoms with Crippen LogP contribution in [0.5, 0.6) is 0 Å². The third-order valence-electron chi connectivity index (χ3n) is 6.53. The molecule has 0 aromatic heterocycles. The van der Waals surface area contributed by atoms with Crippen molar-refractivity contribution in [2.45, 2.75) is 55.8 Å². The van der Waals surface area contributed by atoms with Crippen LogP contribution in [0, 0.1) is 0 Å². The quantitative estimate of drug-likeness (QED) is 0.160. The molecule has 1 saturated heterocycles. The van der Waals surface area contributed by atoms with Crippen molar-refractivity contribution in [1.82, 2.24) is 10.6 Å². The Balaban J connectivity index is 1.66. The van der Waals surface area contributed by atoms with Crippen LogP contribution in [0.4, 0.5) is 5.69 Å². The molecular weight excluding hydrogens is 613 g/mol. The van der Waals surface area contributed by atoms with Gasteiger partial charge in [-0.1, -0.05) is 35.3 Å². The van der Waals surface area contributed by atoms with Gasteiger partial charge in [0, 0.05) is 18.0 Å². The summed E-state index contributed by atoms with van der Waals surface area (Å²) in [4.78, 5) is 60.6. The van der Waals surface area contributed by atoms with Gasteiger partial charge in [-0.3, -0.25) is 19.2 Å². The SMILES string of the molecule is O=C(O)CC[C@@H](NC(=O)CC1OC(CNC(=O)c2ccccc2C(=O)Nc2cc(Cl)ccc2Cl)C(O)C(O)C1O)C(=O)O. The molecule has 0 spiro atoms. The van der Waals surface area contributed by atoms with E-state index in [0.717, 1.165) is 0 Å².